The van der Waals surface area contributed by atoms with Gasteiger partial charge in [-0.2, -0.15) is 0 Å². The van der Waals surface area contributed by atoms with E-state index in [1.54, 1.807) is 0 Å². The number of hydrogen-bond acceptors (Lipinski definition) is 5. The van der Waals surface area contributed by atoms with Gasteiger partial charge in [0.1, 0.15) is 5.82 Å². The lowest BCUT2D eigenvalue weighted by Gasteiger charge is -2.17. The summed E-state index contributed by atoms with van der Waals surface area (Å²) in [7, 11) is 0. The molecular formula is C13H12F2N2O4S. The summed E-state index contributed by atoms with van der Waals surface area (Å²) >= 11 is 1.04. The van der Waals surface area contributed by atoms with Crippen LogP contribution in [-0.4, -0.2) is 28.2 Å². The molecule has 1 saturated heterocycles. The maximum absolute atomic E-state index is 13.9. The summed E-state index contributed by atoms with van der Waals surface area (Å²) in [6.07, 6.45) is 0.0637. The van der Waals surface area contributed by atoms with E-state index in [0.29, 0.717) is 17.9 Å². The van der Waals surface area contributed by atoms with E-state index in [-0.39, 0.29) is 24.0 Å². The van der Waals surface area contributed by atoms with Gasteiger partial charge in [0.2, 0.25) is 5.91 Å². The summed E-state index contributed by atoms with van der Waals surface area (Å²) in [5.41, 5.74) is -1.31. The Morgan fingerprint density at radius 2 is 2.18 bits per heavy atom. The van der Waals surface area contributed by atoms with Crippen LogP contribution in [0.5, 0.6) is 0 Å². The molecule has 1 aliphatic heterocycles. The number of carbonyl (C=O) groups is 2. The number of nitro benzene ring substituents is 1. The number of hydrogen-bond donors (Lipinski definition) is 0. The second-order valence-corrected chi connectivity index (χ2v) is 6.09. The zero-order chi connectivity index (χ0) is 16.4. The third-order valence-electron chi connectivity index (χ3n) is 3.20. The van der Waals surface area contributed by atoms with Gasteiger partial charge in [0.15, 0.2) is 16.6 Å². The number of benzene rings is 1. The van der Waals surface area contributed by atoms with Crippen molar-refractivity contribution >= 4 is 34.2 Å². The van der Waals surface area contributed by atoms with Gasteiger partial charge in [-0.25, -0.2) is 8.78 Å². The van der Waals surface area contributed by atoms with Gasteiger partial charge in [-0.15, -0.1) is 0 Å². The average Bonchev–Trinajstić information content (AvgIpc) is 2.76. The lowest BCUT2D eigenvalue weighted by atomic mass is 10.1. The van der Waals surface area contributed by atoms with Crippen molar-refractivity contribution in [3.8, 4) is 0 Å². The molecule has 2 rings (SSSR count). The Labute approximate surface area is 128 Å². The molecule has 9 heteroatoms. The monoisotopic (exact) mass is 330 g/mol. The molecule has 1 aromatic rings. The molecule has 0 radical (unpaired) electrons. The Bertz CT molecular complexity index is 653. The first kappa shape index (κ1) is 16.3. The molecule has 1 amide bonds. The standard InChI is InChI=1S/C13H12F2N2O4S/c1-7(18)22-6-8-2-12(19)16(5-8)13-10(15)3-9(14)4-11(13)17(20)21/h3-4,8H,2,5-6H2,1H3. The topological polar surface area (TPSA) is 80.5 Å². The van der Waals surface area contributed by atoms with Crippen LogP contribution < -0.4 is 4.90 Å². The van der Waals surface area contributed by atoms with Crippen LogP contribution in [0.15, 0.2) is 12.1 Å². The highest BCUT2D eigenvalue weighted by atomic mass is 32.2. The van der Waals surface area contributed by atoms with Gasteiger partial charge in [-0.3, -0.25) is 19.7 Å². The van der Waals surface area contributed by atoms with Crippen molar-refractivity contribution in [3.63, 3.8) is 0 Å². The number of halogens is 2. The van der Waals surface area contributed by atoms with Crippen molar-refractivity contribution in [2.24, 2.45) is 5.92 Å². The van der Waals surface area contributed by atoms with E-state index < -0.39 is 33.8 Å². The fourth-order valence-corrected chi connectivity index (χ4v) is 3.00. The molecule has 6 nitrogen and oxygen atoms in total. The summed E-state index contributed by atoms with van der Waals surface area (Å²) in [4.78, 5) is 33.9. The maximum Gasteiger partial charge on any atom is 0.298 e. The summed E-state index contributed by atoms with van der Waals surface area (Å²) in [5, 5.41) is 10.9. The smallest absolute Gasteiger partial charge is 0.298 e. The van der Waals surface area contributed by atoms with E-state index >= 15 is 0 Å². The molecule has 1 aliphatic rings. The molecule has 118 valence electrons. The first-order valence-corrected chi connectivity index (χ1v) is 7.35. The van der Waals surface area contributed by atoms with Crippen LogP contribution in [0.4, 0.5) is 20.2 Å². The minimum Gasteiger partial charge on any atom is -0.304 e. The van der Waals surface area contributed by atoms with E-state index in [4.69, 9.17) is 0 Å². The van der Waals surface area contributed by atoms with E-state index in [0.717, 1.165) is 16.7 Å². The molecule has 1 aromatic carbocycles. The van der Waals surface area contributed by atoms with Crippen molar-refractivity contribution in [1.29, 1.82) is 0 Å². The Morgan fingerprint density at radius 3 is 2.77 bits per heavy atom. The van der Waals surface area contributed by atoms with Crippen LogP contribution >= 0.6 is 11.8 Å². The largest absolute Gasteiger partial charge is 0.304 e. The molecule has 1 unspecified atom stereocenters. The first-order chi connectivity index (χ1) is 10.3. The number of nitrogens with zero attached hydrogens (tertiary/aromatic N) is 2. The third kappa shape index (κ3) is 3.41. The Morgan fingerprint density at radius 1 is 1.50 bits per heavy atom. The lowest BCUT2D eigenvalue weighted by Crippen LogP contribution is -2.27. The molecule has 0 aliphatic carbocycles. The second-order valence-electron chi connectivity index (χ2n) is 4.89. The first-order valence-electron chi connectivity index (χ1n) is 6.36. The summed E-state index contributed by atoms with van der Waals surface area (Å²) < 4.78 is 27.1. The molecular weight excluding hydrogens is 318 g/mol. The van der Waals surface area contributed by atoms with Gasteiger partial charge in [0.05, 0.1) is 11.0 Å². The Balaban J connectivity index is 2.30. The Hall–Kier alpha value is -2.03. The van der Waals surface area contributed by atoms with E-state index in [9.17, 15) is 28.5 Å². The van der Waals surface area contributed by atoms with Crippen LogP contribution in [-0.2, 0) is 9.59 Å². The predicted octanol–water partition coefficient (Wildman–Crippen LogP) is 2.51. The van der Waals surface area contributed by atoms with Crippen molar-refractivity contribution < 1.29 is 23.3 Å². The summed E-state index contributed by atoms with van der Waals surface area (Å²) in [5.74, 6) is -2.56. The van der Waals surface area contributed by atoms with Crippen LogP contribution in [0, 0.1) is 27.7 Å². The highest BCUT2D eigenvalue weighted by molar-refractivity contribution is 8.13. The quantitative estimate of drug-likeness (QED) is 0.626. The summed E-state index contributed by atoms with van der Waals surface area (Å²) in [6, 6.07) is 1.09. The van der Waals surface area contributed by atoms with Gasteiger partial charge in [-0.05, 0) is 5.92 Å². The third-order valence-corrected chi connectivity index (χ3v) is 4.25. The normalized spacial score (nSPS) is 17.9. The highest BCUT2D eigenvalue weighted by Crippen LogP contribution is 2.36. The van der Waals surface area contributed by atoms with Crippen LogP contribution in [0.25, 0.3) is 0 Å². The molecule has 0 saturated carbocycles. The van der Waals surface area contributed by atoms with Crippen molar-refractivity contribution in [2.45, 2.75) is 13.3 Å². The average molecular weight is 330 g/mol. The Kier molecular flexibility index (Phi) is 4.74. The number of rotatable bonds is 4. The molecule has 22 heavy (non-hydrogen) atoms. The maximum atomic E-state index is 13.9. The molecule has 0 aromatic heterocycles. The van der Waals surface area contributed by atoms with Gasteiger partial charge < -0.3 is 4.90 Å². The van der Waals surface area contributed by atoms with E-state index in [1.165, 1.54) is 6.92 Å². The van der Waals surface area contributed by atoms with Gasteiger partial charge in [-0.1, -0.05) is 11.8 Å². The zero-order valence-electron chi connectivity index (χ0n) is 11.5. The molecule has 0 bridgehead atoms. The van der Waals surface area contributed by atoms with E-state index in [1.807, 2.05) is 0 Å². The van der Waals surface area contributed by atoms with Gasteiger partial charge >= 0.3 is 0 Å². The zero-order valence-corrected chi connectivity index (χ0v) is 12.4. The van der Waals surface area contributed by atoms with Crippen molar-refractivity contribution in [1.82, 2.24) is 0 Å². The minimum atomic E-state index is -1.15. The number of thioether (sulfide) groups is 1. The molecule has 1 heterocycles. The van der Waals surface area contributed by atoms with Gasteiger partial charge in [0, 0.05) is 31.7 Å². The SMILES string of the molecule is CC(=O)SCC1CC(=O)N(c2c(F)cc(F)cc2[N+](=O)[O-])C1. The second kappa shape index (κ2) is 6.39. The molecule has 1 atom stereocenters. The minimum absolute atomic E-state index is 0.0580. The van der Waals surface area contributed by atoms with Gasteiger partial charge in [0.25, 0.3) is 5.69 Å². The molecule has 0 spiro atoms. The fraction of sp³-hybridized carbons (Fsp3) is 0.385. The van der Waals surface area contributed by atoms with Crippen LogP contribution in [0.1, 0.15) is 13.3 Å². The van der Waals surface area contributed by atoms with Crippen molar-refractivity contribution in [3.05, 3.63) is 33.9 Å². The number of carbonyl (C=O) groups excluding carboxylic acids is 2. The molecule has 1 fully saturated rings. The number of amides is 1. The van der Waals surface area contributed by atoms with E-state index in [2.05, 4.69) is 0 Å². The fourth-order valence-electron chi connectivity index (χ4n) is 2.30. The summed E-state index contributed by atoms with van der Waals surface area (Å²) in [6.45, 7) is 1.45. The lowest BCUT2D eigenvalue weighted by molar-refractivity contribution is -0.384. The molecule has 0 N–H and O–H groups in total. The van der Waals surface area contributed by atoms with Crippen molar-refractivity contribution in [2.75, 3.05) is 17.2 Å². The highest BCUT2D eigenvalue weighted by Gasteiger charge is 2.36. The predicted molar refractivity (Wildman–Crippen MR) is 76.6 cm³/mol. The van der Waals surface area contributed by atoms with Crippen LogP contribution in [0.3, 0.4) is 0 Å². The number of anilines is 1. The van der Waals surface area contributed by atoms with Crippen LogP contribution in [0.2, 0.25) is 0 Å². The number of nitro groups is 1.